The van der Waals surface area contributed by atoms with Crippen LogP contribution in [0.2, 0.25) is 0 Å². The Bertz CT molecular complexity index is 405. The highest BCUT2D eigenvalue weighted by Crippen LogP contribution is 2.29. The molecule has 1 aliphatic heterocycles. The molecular formula is C10H11BrN2O3. The van der Waals surface area contributed by atoms with Gasteiger partial charge in [-0.2, -0.15) is 0 Å². The summed E-state index contributed by atoms with van der Waals surface area (Å²) in [4.78, 5) is 10.3. The van der Waals surface area contributed by atoms with Gasteiger partial charge in [-0.05, 0) is 41.0 Å². The number of hydrogen-bond donors (Lipinski definition) is 1. The van der Waals surface area contributed by atoms with Crippen LogP contribution in [-0.4, -0.2) is 24.1 Å². The first-order valence-corrected chi connectivity index (χ1v) is 5.77. The maximum Gasteiger partial charge on any atom is 0.287 e. The summed E-state index contributed by atoms with van der Waals surface area (Å²) in [5.74, 6) is 0.545. The molecule has 0 amide bonds. The predicted molar refractivity (Wildman–Crippen MR) is 62.7 cm³/mol. The molecule has 5 nitrogen and oxygen atoms in total. The summed E-state index contributed by atoms with van der Waals surface area (Å²) in [6, 6.07) is 4.81. The van der Waals surface area contributed by atoms with Crippen LogP contribution < -0.4 is 10.1 Å². The van der Waals surface area contributed by atoms with Gasteiger partial charge in [0.05, 0.1) is 15.5 Å². The first-order chi connectivity index (χ1) is 7.66. The third-order valence-electron chi connectivity index (χ3n) is 2.43. The van der Waals surface area contributed by atoms with Gasteiger partial charge >= 0.3 is 0 Å². The summed E-state index contributed by atoms with van der Waals surface area (Å²) in [5.41, 5.74) is 0.0310. The summed E-state index contributed by atoms with van der Waals surface area (Å²) < 4.78 is 6.10. The molecule has 6 heteroatoms. The van der Waals surface area contributed by atoms with E-state index in [4.69, 9.17) is 4.74 Å². The van der Waals surface area contributed by atoms with Crippen LogP contribution in [0.4, 0.5) is 5.69 Å². The maximum atomic E-state index is 10.7. The van der Waals surface area contributed by atoms with Gasteiger partial charge in [-0.3, -0.25) is 10.1 Å². The highest BCUT2D eigenvalue weighted by Gasteiger charge is 2.18. The third-order valence-corrected chi connectivity index (χ3v) is 3.10. The number of ether oxygens (including phenoxy) is 1. The fraction of sp³-hybridized carbons (Fsp3) is 0.400. The lowest BCUT2D eigenvalue weighted by Gasteiger charge is -2.12. The van der Waals surface area contributed by atoms with Crippen molar-refractivity contribution in [2.24, 2.45) is 0 Å². The van der Waals surface area contributed by atoms with Crippen molar-refractivity contribution in [3.8, 4) is 5.75 Å². The number of nitro benzene ring substituents is 1. The van der Waals surface area contributed by atoms with Crippen molar-refractivity contribution < 1.29 is 9.66 Å². The van der Waals surface area contributed by atoms with E-state index in [0.717, 1.165) is 19.5 Å². The number of benzene rings is 1. The van der Waals surface area contributed by atoms with E-state index in [9.17, 15) is 10.1 Å². The largest absolute Gasteiger partial charge is 0.489 e. The van der Waals surface area contributed by atoms with Crippen LogP contribution in [0.3, 0.4) is 0 Å². The normalized spacial score (nSPS) is 19.7. The highest BCUT2D eigenvalue weighted by molar-refractivity contribution is 9.10. The minimum absolute atomic E-state index is 0.0310. The summed E-state index contributed by atoms with van der Waals surface area (Å²) >= 11 is 3.13. The first kappa shape index (κ1) is 11.3. The average Bonchev–Trinajstić information content (AvgIpc) is 2.73. The number of hydrogen-bond acceptors (Lipinski definition) is 4. The summed E-state index contributed by atoms with van der Waals surface area (Å²) in [6.45, 7) is 1.73. The Balaban J connectivity index is 2.15. The van der Waals surface area contributed by atoms with E-state index in [-0.39, 0.29) is 11.8 Å². The van der Waals surface area contributed by atoms with Crippen molar-refractivity contribution in [1.82, 2.24) is 5.32 Å². The molecule has 0 spiro atoms. The molecule has 0 saturated carbocycles. The lowest BCUT2D eigenvalue weighted by molar-refractivity contribution is -0.385. The molecule has 0 aliphatic carbocycles. The maximum absolute atomic E-state index is 10.7. The van der Waals surface area contributed by atoms with E-state index < -0.39 is 4.92 Å². The van der Waals surface area contributed by atoms with Crippen molar-refractivity contribution in [3.05, 3.63) is 32.8 Å². The van der Waals surface area contributed by atoms with Gasteiger partial charge < -0.3 is 10.1 Å². The molecule has 0 bridgehead atoms. The second-order valence-electron chi connectivity index (χ2n) is 3.60. The smallest absolute Gasteiger partial charge is 0.287 e. The summed E-state index contributed by atoms with van der Waals surface area (Å²) in [7, 11) is 0. The highest BCUT2D eigenvalue weighted by atomic mass is 79.9. The predicted octanol–water partition coefficient (Wildman–Crippen LogP) is 2.10. The Morgan fingerprint density at radius 2 is 2.38 bits per heavy atom. The van der Waals surface area contributed by atoms with E-state index in [1.54, 1.807) is 12.1 Å². The number of nitrogens with one attached hydrogen (secondary N) is 1. The zero-order valence-corrected chi connectivity index (χ0v) is 10.1. The summed E-state index contributed by atoms with van der Waals surface area (Å²) in [6.07, 6.45) is 1.05. The quantitative estimate of drug-likeness (QED) is 0.683. The minimum atomic E-state index is -0.427. The van der Waals surface area contributed by atoms with Gasteiger partial charge in [0, 0.05) is 6.54 Å². The molecule has 0 aromatic heterocycles. The van der Waals surface area contributed by atoms with E-state index in [0.29, 0.717) is 10.2 Å². The molecule has 1 N–H and O–H groups in total. The molecule has 1 aromatic carbocycles. The van der Waals surface area contributed by atoms with Crippen molar-refractivity contribution in [2.75, 3.05) is 13.1 Å². The van der Waals surface area contributed by atoms with E-state index >= 15 is 0 Å². The number of nitrogens with zero attached hydrogens (tertiary/aromatic N) is 1. The van der Waals surface area contributed by atoms with Crippen molar-refractivity contribution in [1.29, 1.82) is 0 Å². The van der Waals surface area contributed by atoms with Gasteiger partial charge in [-0.25, -0.2) is 0 Å². The van der Waals surface area contributed by atoms with E-state index in [1.807, 2.05) is 0 Å². The zero-order valence-electron chi connectivity index (χ0n) is 8.48. The van der Waals surface area contributed by atoms with Gasteiger partial charge in [0.2, 0.25) is 0 Å². The van der Waals surface area contributed by atoms with Gasteiger partial charge in [-0.1, -0.05) is 0 Å². The second-order valence-corrected chi connectivity index (χ2v) is 4.46. The van der Waals surface area contributed by atoms with Crippen LogP contribution in [-0.2, 0) is 0 Å². The molecule has 2 rings (SSSR count). The third kappa shape index (κ3) is 2.51. The molecule has 1 saturated heterocycles. The van der Waals surface area contributed by atoms with Crippen molar-refractivity contribution in [3.63, 3.8) is 0 Å². The fourth-order valence-corrected chi connectivity index (χ4v) is 2.02. The Labute approximate surface area is 101 Å². The topological polar surface area (TPSA) is 64.4 Å². The Kier molecular flexibility index (Phi) is 3.40. The fourth-order valence-electron chi connectivity index (χ4n) is 1.63. The lowest BCUT2D eigenvalue weighted by atomic mass is 10.3. The van der Waals surface area contributed by atoms with Crippen LogP contribution in [0.25, 0.3) is 0 Å². The van der Waals surface area contributed by atoms with Crippen LogP contribution in [0.1, 0.15) is 6.42 Å². The average molecular weight is 287 g/mol. The summed E-state index contributed by atoms with van der Waals surface area (Å²) in [5, 5.41) is 13.9. The van der Waals surface area contributed by atoms with Crippen LogP contribution in [0.15, 0.2) is 22.7 Å². The Morgan fingerprint density at radius 1 is 1.56 bits per heavy atom. The van der Waals surface area contributed by atoms with Gasteiger partial charge in [0.15, 0.2) is 0 Å². The van der Waals surface area contributed by atoms with E-state index in [1.165, 1.54) is 6.07 Å². The number of rotatable bonds is 3. The molecule has 1 aromatic rings. The Hall–Kier alpha value is -1.14. The molecule has 1 atom stereocenters. The van der Waals surface area contributed by atoms with Gasteiger partial charge in [-0.15, -0.1) is 0 Å². The van der Waals surface area contributed by atoms with Gasteiger partial charge in [0.25, 0.3) is 5.69 Å². The second kappa shape index (κ2) is 4.80. The SMILES string of the molecule is O=[N+]([O-])c1cc(OC2CCNC2)ccc1Br. The lowest BCUT2D eigenvalue weighted by Crippen LogP contribution is -2.19. The zero-order chi connectivity index (χ0) is 11.5. The van der Waals surface area contributed by atoms with E-state index in [2.05, 4.69) is 21.2 Å². The molecular weight excluding hydrogens is 276 g/mol. The van der Waals surface area contributed by atoms with Crippen molar-refractivity contribution in [2.45, 2.75) is 12.5 Å². The molecule has 86 valence electrons. The molecule has 16 heavy (non-hydrogen) atoms. The molecule has 1 heterocycles. The van der Waals surface area contributed by atoms with Crippen LogP contribution in [0.5, 0.6) is 5.75 Å². The molecule has 1 unspecified atom stereocenters. The number of halogens is 1. The minimum Gasteiger partial charge on any atom is -0.489 e. The monoisotopic (exact) mass is 286 g/mol. The van der Waals surface area contributed by atoms with Gasteiger partial charge in [0.1, 0.15) is 11.9 Å². The number of nitro groups is 1. The molecule has 1 aliphatic rings. The first-order valence-electron chi connectivity index (χ1n) is 4.98. The van der Waals surface area contributed by atoms with Crippen LogP contribution >= 0.6 is 15.9 Å². The molecule has 1 fully saturated rings. The standard InChI is InChI=1S/C10H11BrN2O3/c11-9-2-1-7(5-10(9)13(14)15)16-8-3-4-12-6-8/h1-2,5,8,12H,3-4,6H2. The Morgan fingerprint density at radius 3 is 3.00 bits per heavy atom. The van der Waals surface area contributed by atoms with Crippen LogP contribution in [0, 0.1) is 10.1 Å². The molecule has 0 radical (unpaired) electrons. The van der Waals surface area contributed by atoms with Crippen molar-refractivity contribution >= 4 is 21.6 Å².